The minimum Gasteiger partial charge on any atom is -0.497 e. The van der Waals surface area contributed by atoms with E-state index in [4.69, 9.17) is 20.2 Å². The molecule has 0 aliphatic rings. The van der Waals surface area contributed by atoms with Crippen LogP contribution in [0.1, 0.15) is 6.42 Å². The molecule has 0 amide bonds. The number of pyridine rings is 1. The van der Waals surface area contributed by atoms with E-state index in [0.717, 1.165) is 28.0 Å². The van der Waals surface area contributed by atoms with Crippen molar-refractivity contribution >= 4 is 28.2 Å². The molecule has 0 unspecified atom stereocenters. The molecular weight excluding hydrogens is 406 g/mol. The van der Waals surface area contributed by atoms with Crippen LogP contribution in [-0.4, -0.2) is 47.4 Å². The second-order valence-corrected chi connectivity index (χ2v) is 7.20. The molecule has 3 N–H and O–H groups in total. The SMILES string of the molecule is COc1cc(OC)cc(N(CCCO)c2ccc3ncc(-c4ccnc(N)c4)nc3c2)c1. The Hall–Kier alpha value is -3.91. The van der Waals surface area contributed by atoms with E-state index in [0.29, 0.717) is 36.0 Å². The van der Waals surface area contributed by atoms with Crippen LogP contribution >= 0.6 is 0 Å². The zero-order chi connectivity index (χ0) is 22.5. The van der Waals surface area contributed by atoms with Gasteiger partial charge in [0, 0.05) is 54.5 Å². The molecule has 164 valence electrons. The number of anilines is 3. The first-order valence-corrected chi connectivity index (χ1v) is 10.2. The normalized spacial score (nSPS) is 10.8. The van der Waals surface area contributed by atoms with Gasteiger partial charge in [-0.1, -0.05) is 0 Å². The highest BCUT2D eigenvalue weighted by atomic mass is 16.5. The van der Waals surface area contributed by atoms with E-state index in [2.05, 4.69) is 14.9 Å². The summed E-state index contributed by atoms with van der Waals surface area (Å²) in [5.41, 5.74) is 10.7. The van der Waals surface area contributed by atoms with Gasteiger partial charge in [-0.05, 0) is 36.8 Å². The summed E-state index contributed by atoms with van der Waals surface area (Å²) < 4.78 is 10.9. The Bertz CT molecular complexity index is 1210. The standard InChI is InChI=1S/C24H25N5O3/c1-31-19-11-18(12-20(14-19)32-2)29(8-3-9-30)17-4-5-21-22(13-17)28-23(15-27-21)16-6-7-26-24(25)10-16/h4-7,10-15,30H,3,8-9H2,1-2H3,(H2,25,26). The summed E-state index contributed by atoms with van der Waals surface area (Å²) in [6.45, 7) is 0.685. The molecule has 2 aromatic heterocycles. The number of hydrogen-bond donors (Lipinski definition) is 2. The fraction of sp³-hybridized carbons (Fsp3) is 0.208. The van der Waals surface area contributed by atoms with E-state index in [1.165, 1.54) is 0 Å². The van der Waals surface area contributed by atoms with Crippen LogP contribution in [0.5, 0.6) is 11.5 Å². The van der Waals surface area contributed by atoms with Gasteiger partial charge in [0.05, 0.1) is 37.1 Å². The van der Waals surface area contributed by atoms with Crippen LogP contribution in [0.25, 0.3) is 22.3 Å². The van der Waals surface area contributed by atoms with Gasteiger partial charge in [0.25, 0.3) is 0 Å². The maximum absolute atomic E-state index is 9.45. The van der Waals surface area contributed by atoms with Crippen molar-refractivity contribution in [2.75, 3.05) is 38.0 Å². The van der Waals surface area contributed by atoms with Crippen molar-refractivity contribution in [1.82, 2.24) is 15.0 Å². The fourth-order valence-corrected chi connectivity index (χ4v) is 3.50. The third kappa shape index (κ3) is 4.55. The van der Waals surface area contributed by atoms with Crippen LogP contribution in [-0.2, 0) is 0 Å². The van der Waals surface area contributed by atoms with Gasteiger partial charge in [-0.15, -0.1) is 0 Å². The Morgan fingerprint density at radius 2 is 1.69 bits per heavy atom. The lowest BCUT2D eigenvalue weighted by Crippen LogP contribution is -2.19. The van der Waals surface area contributed by atoms with Crippen molar-refractivity contribution in [3.8, 4) is 22.8 Å². The van der Waals surface area contributed by atoms with Gasteiger partial charge in [0.2, 0.25) is 0 Å². The van der Waals surface area contributed by atoms with E-state index in [-0.39, 0.29) is 6.61 Å². The van der Waals surface area contributed by atoms with Gasteiger partial charge in [-0.3, -0.25) is 4.98 Å². The Balaban J connectivity index is 1.79. The van der Waals surface area contributed by atoms with Crippen LogP contribution in [0.2, 0.25) is 0 Å². The van der Waals surface area contributed by atoms with Crippen LogP contribution in [0, 0.1) is 0 Å². The minimum absolute atomic E-state index is 0.0819. The Morgan fingerprint density at radius 3 is 2.38 bits per heavy atom. The number of aromatic nitrogens is 3. The molecule has 0 radical (unpaired) electrons. The lowest BCUT2D eigenvalue weighted by molar-refractivity contribution is 0.291. The van der Waals surface area contributed by atoms with Crippen molar-refractivity contribution in [2.45, 2.75) is 6.42 Å². The Morgan fingerprint density at radius 1 is 0.906 bits per heavy atom. The zero-order valence-electron chi connectivity index (χ0n) is 18.0. The molecule has 32 heavy (non-hydrogen) atoms. The first-order valence-electron chi connectivity index (χ1n) is 10.2. The predicted molar refractivity (Wildman–Crippen MR) is 125 cm³/mol. The minimum atomic E-state index is 0.0819. The van der Waals surface area contributed by atoms with Crippen molar-refractivity contribution in [1.29, 1.82) is 0 Å². The van der Waals surface area contributed by atoms with Crippen LogP contribution < -0.4 is 20.1 Å². The van der Waals surface area contributed by atoms with Crippen molar-refractivity contribution in [3.63, 3.8) is 0 Å². The largest absolute Gasteiger partial charge is 0.497 e. The number of nitrogen functional groups attached to an aromatic ring is 1. The summed E-state index contributed by atoms with van der Waals surface area (Å²) in [6.07, 6.45) is 3.98. The number of benzene rings is 2. The molecule has 0 atom stereocenters. The Labute approximate surface area is 186 Å². The molecule has 0 bridgehead atoms. The molecule has 0 saturated heterocycles. The fourth-order valence-electron chi connectivity index (χ4n) is 3.50. The molecule has 4 aromatic rings. The third-order valence-electron chi connectivity index (χ3n) is 5.10. The molecule has 0 saturated carbocycles. The smallest absolute Gasteiger partial charge is 0.124 e. The Kier molecular flexibility index (Phi) is 6.32. The summed E-state index contributed by atoms with van der Waals surface area (Å²) in [5.74, 6) is 1.80. The maximum atomic E-state index is 9.45. The van der Waals surface area contributed by atoms with Crippen LogP contribution in [0.4, 0.5) is 17.2 Å². The number of nitrogens with zero attached hydrogens (tertiary/aromatic N) is 4. The topological polar surface area (TPSA) is 107 Å². The molecule has 2 heterocycles. The number of fused-ring (bicyclic) bond motifs is 1. The van der Waals surface area contributed by atoms with E-state index in [1.807, 2.05) is 42.5 Å². The van der Waals surface area contributed by atoms with E-state index < -0.39 is 0 Å². The monoisotopic (exact) mass is 431 g/mol. The predicted octanol–water partition coefficient (Wildman–Crippen LogP) is 3.81. The molecule has 0 aliphatic heterocycles. The first-order chi connectivity index (χ1) is 15.6. The summed E-state index contributed by atoms with van der Waals surface area (Å²) in [7, 11) is 3.24. The molecule has 0 spiro atoms. The van der Waals surface area contributed by atoms with Crippen molar-refractivity contribution < 1.29 is 14.6 Å². The number of aliphatic hydroxyl groups excluding tert-OH is 1. The first kappa shape index (κ1) is 21.3. The van der Waals surface area contributed by atoms with Gasteiger partial charge in [-0.2, -0.15) is 0 Å². The molecule has 8 nitrogen and oxygen atoms in total. The number of methoxy groups -OCH3 is 2. The molecule has 2 aromatic carbocycles. The number of rotatable bonds is 8. The lowest BCUT2D eigenvalue weighted by atomic mass is 10.1. The lowest BCUT2D eigenvalue weighted by Gasteiger charge is -2.26. The number of aliphatic hydroxyl groups is 1. The molecule has 0 aliphatic carbocycles. The average Bonchev–Trinajstić information content (AvgIpc) is 2.83. The molecular formula is C24H25N5O3. The number of nitrogens with two attached hydrogens (primary N) is 1. The van der Waals surface area contributed by atoms with Gasteiger partial charge < -0.3 is 25.2 Å². The number of ether oxygens (including phenoxy) is 2. The zero-order valence-corrected chi connectivity index (χ0v) is 18.0. The highest BCUT2D eigenvalue weighted by molar-refractivity contribution is 5.83. The van der Waals surface area contributed by atoms with Gasteiger partial charge in [0.15, 0.2) is 0 Å². The maximum Gasteiger partial charge on any atom is 0.124 e. The van der Waals surface area contributed by atoms with Gasteiger partial charge in [0.1, 0.15) is 17.3 Å². The summed E-state index contributed by atoms with van der Waals surface area (Å²) in [6, 6.07) is 15.2. The second-order valence-electron chi connectivity index (χ2n) is 7.20. The summed E-state index contributed by atoms with van der Waals surface area (Å²) in [5, 5.41) is 9.45. The molecule has 4 rings (SSSR count). The van der Waals surface area contributed by atoms with Crippen LogP contribution in [0.3, 0.4) is 0 Å². The highest BCUT2D eigenvalue weighted by Crippen LogP contribution is 2.34. The third-order valence-corrected chi connectivity index (χ3v) is 5.10. The van der Waals surface area contributed by atoms with Crippen LogP contribution in [0.15, 0.2) is 60.9 Å². The number of hydrogen-bond acceptors (Lipinski definition) is 8. The van der Waals surface area contributed by atoms with Gasteiger partial charge >= 0.3 is 0 Å². The molecule has 0 fully saturated rings. The average molecular weight is 431 g/mol. The van der Waals surface area contributed by atoms with E-state index >= 15 is 0 Å². The molecule has 8 heteroatoms. The quantitative estimate of drug-likeness (QED) is 0.434. The summed E-state index contributed by atoms with van der Waals surface area (Å²) in [4.78, 5) is 15.5. The second kappa shape index (κ2) is 9.49. The van der Waals surface area contributed by atoms with Gasteiger partial charge in [-0.25, -0.2) is 9.97 Å². The van der Waals surface area contributed by atoms with Crippen molar-refractivity contribution in [3.05, 3.63) is 60.9 Å². The highest BCUT2D eigenvalue weighted by Gasteiger charge is 2.14. The van der Waals surface area contributed by atoms with E-state index in [1.54, 1.807) is 32.7 Å². The van der Waals surface area contributed by atoms with E-state index in [9.17, 15) is 5.11 Å². The van der Waals surface area contributed by atoms with Crippen molar-refractivity contribution in [2.24, 2.45) is 0 Å². The summed E-state index contributed by atoms with van der Waals surface area (Å²) >= 11 is 0.